The number of carbonyl (C=O) groups is 2. The molecule has 0 unspecified atom stereocenters. The van der Waals surface area contributed by atoms with E-state index in [1.807, 2.05) is 0 Å². The van der Waals surface area contributed by atoms with Crippen molar-refractivity contribution in [1.82, 2.24) is 20.0 Å². The summed E-state index contributed by atoms with van der Waals surface area (Å²) in [6.45, 7) is 4.43. The van der Waals surface area contributed by atoms with Gasteiger partial charge in [0.2, 0.25) is 5.91 Å². The maximum atomic E-state index is 12.1. The smallest absolute Gasteiger partial charge is 0.256 e. The van der Waals surface area contributed by atoms with Gasteiger partial charge in [0.05, 0.1) is 17.8 Å². The van der Waals surface area contributed by atoms with E-state index in [2.05, 4.69) is 17.3 Å². The van der Waals surface area contributed by atoms with Crippen molar-refractivity contribution in [3.63, 3.8) is 0 Å². The number of hydrogen-bond acceptors (Lipinski definition) is 3. The Morgan fingerprint density at radius 2 is 2.05 bits per heavy atom. The monoisotopic (exact) mass is 300 g/mol. The molecule has 1 heterocycles. The van der Waals surface area contributed by atoms with E-state index in [1.165, 1.54) is 4.90 Å². The molecule has 6 nitrogen and oxygen atoms in total. The minimum atomic E-state index is -0.370. The lowest BCUT2D eigenvalue weighted by molar-refractivity contribution is -0.127. The molecule has 0 aliphatic carbocycles. The molecule has 0 atom stereocenters. The molecule has 20 heavy (non-hydrogen) atoms. The van der Waals surface area contributed by atoms with Gasteiger partial charge in [-0.3, -0.25) is 14.3 Å². The second-order valence-electron chi connectivity index (χ2n) is 4.80. The van der Waals surface area contributed by atoms with Crippen molar-refractivity contribution in [2.45, 2.75) is 33.2 Å². The molecule has 1 aromatic rings. The first kappa shape index (κ1) is 16.5. The highest BCUT2D eigenvalue weighted by atomic mass is 35.5. The summed E-state index contributed by atoms with van der Waals surface area (Å²) < 4.78 is 1.63. The average Bonchev–Trinajstić information content (AvgIpc) is 2.67. The van der Waals surface area contributed by atoms with Crippen molar-refractivity contribution >= 4 is 23.4 Å². The van der Waals surface area contributed by atoms with Crippen LogP contribution in [0.2, 0.25) is 5.15 Å². The molecule has 0 aliphatic rings. The highest BCUT2D eigenvalue weighted by Gasteiger charge is 2.20. The number of likely N-dealkylation sites (N-methyl/N-ethyl adjacent to an activating group) is 1. The van der Waals surface area contributed by atoms with Gasteiger partial charge in [-0.25, -0.2) is 0 Å². The lowest BCUT2D eigenvalue weighted by Gasteiger charge is -2.10. The summed E-state index contributed by atoms with van der Waals surface area (Å²) in [5, 5.41) is 7.15. The number of nitrogens with zero attached hydrogens (tertiary/aromatic N) is 3. The third kappa shape index (κ3) is 3.96. The molecule has 1 N–H and O–H groups in total. The third-order valence-corrected chi connectivity index (χ3v) is 3.30. The Hall–Kier alpha value is -1.56. The fourth-order valence-electron chi connectivity index (χ4n) is 1.67. The Morgan fingerprint density at radius 3 is 2.60 bits per heavy atom. The zero-order chi connectivity index (χ0) is 15.3. The summed E-state index contributed by atoms with van der Waals surface area (Å²) in [4.78, 5) is 24.9. The molecular formula is C13H21ClN4O2. The summed E-state index contributed by atoms with van der Waals surface area (Å²) in [6.07, 6.45) is 1.97. The molecule has 0 bridgehead atoms. The van der Waals surface area contributed by atoms with Crippen LogP contribution < -0.4 is 5.32 Å². The Morgan fingerprint density at radius 1 is 1.40 bits per heavy atom. The van der Waals surface area contributed by atoms with Gasteiger partial charge in [-0.05, 0) is 13.3 Å². The fraction of sp³-hybridized carbons (Fsp3) is 0.615. The molecule has 1 rings (SSSR count). The molecular weight excluding hydrogens is 280 g/mol. The van der Waals surface area contributed by atoms with Crippen LogP contribution in [0.15, 0.2) is 0 Å². The van der Waals surface area contributed by atoms with Crippen LogP contribution in [0.3, 0.4) is 0 Å². The van der Waals surface area contributed by atoms with Crippen LogP contribution in [0, 0.1) is 6.92 Å². The van der Waals surface area contributed by atoms with Crippen molar-refractivity contribution in [3.05, 3.63) is 16.4 Å². The van der Waals surface area contributed by atoms with Gasteiger partial charge in [0, 0.05) is 20.6 Å². The molecule has 0 radical (unpaired) electrons. The van der Waals surface area contributed by atoms with Crippen LogP contribution in [0.4, 0.5) is 0 Å². The highest BCUT2D eigenvalue weighted by molar-refractivity contribution is 6.33. The standard InChI is InChI=1S/C13H21ClN4O2/c1-5-6-7-18-12(14)11(9(2)16-18)13(20)15-8-10(19)17(3)4/h5-8H2,1-4H3,(H,15,20). The van der Waals surface area contributed by atoms with Crippen molar-refractivity contribution < 1.29 is 9.59 Å². The van der Waals surface area contributed by atoms with Crippen molar-refractivity contribution in [2.75, 3.05) is 20.6 Å². The molecule has 112 valence electrons. The van der Waals surface area contributed by atoms with E-state index < -0.39 is 0 Å². The predicted molar refractivity (Wildman–Crippen MR) is 77.9 cm³/mol. The van der Waals surface area contributed by atoms with E-state index in [4.69, 9.17) is 11.6 Å². The van der Waals surface area contributed by atoms with Crippen molar-refractivity contribution in [1.29, 1.82) is 0 Å². The number of hydrogen-bond donors (Lipinski definition) is 1. The number of carbonyl (C=O) groups excluding carboxylic acids is 2. The first-order valence-corrected chi connectivity index (χ1v) is 6.97. The molecule has 0 fully saturated rings. The zero-order valence-corrected chi connectivity index (χ0v) is 13.1. The lowest BCUT2D eigenvalue weighted by Crippen LogP contribution is -2.36. The first-order chi connectivity index (χ1) is 9.38. The Balaban J connectivity index is 2.77. The number of amides is 2. The molecule has 2 amide bonds. The van der Waals surface area contributed by atoms with Crippen LogP contribution in [0.1, 0.15) is 35.8 Å². The number of halogens is 1. The van der Waals surface area contributed by atoms with Crippen LogP contribution in [-0.4, -0.2) is 47.1 Å². The summed E-state index contributed by atoms with van der Waals surface area (Å²) >= 11 is 6.18. The van der Waals surface area contributed by atoms with Gasteiger partial charge in [0.15, 0.2) is 0 Å². The number of aromatic nitrogens is 2. The van der Waals surface area contributed by atoms with E-state index in [0.29, 0.717) is 23.0 Å². The number of unbranched alkanes of at least 4 members (excludes halogenated alkanes) is 1. The van der Waals surface area contributed by atoms with Crippen LogP contribution >= 0.6 is 11.6 Å². The minimum absolute atomic E-state index is 0.0538. The topological polar surface area (TPSA) is 67.2 Å². The highest BCUT2D eigenvalue weighted by Crippen LogP contribution is 2.20. The molecule has 1 aromatic heterocycles. The quantitative estimate of drug-likeness (QED) is 0.865. The van der Waals surface area contributed by atoms with Gasteiger partial charge in [-0.1, -0.05) is 24.9 Å². The summed E-state index contributed by atoms with van der Waals surface area (Å²) in [5.41, 5.74) is 0.912. The second kappa shape index (κ2) is 7.28. The Labute approximate surface area is 124 Å². The lowest BCUT2D eigenvalue weighted by atomic mass is 10.2. The zero-order valence-electron chi connectivity index (χ0n) is 12.4. The van der Waals surface area contributed by atoms with E-state index in [1.54, 1.807) is 25.7 Å². The predicted octanol–water partition coefficient (Wildman–Crippen LogP) is 1.46. The fourth-order valence-corrected chi connectivity index (χ4v) is 2.01. The van der Waals surface area contributed by atoms with Gasteiger partial charge < -0.3 is 10.2 Å². The first-order valence-electron chi connectivity index (χ1n) is 6.59. The van der Waals surface area contributed by atoms with E-state index in [9.17, 15) is 9.59 Å². The summed E-state index contributed by atoms with van der Waals surface area (Å²) in [6, 6.07) is 0. The maximum absolute atomic E-state index is 12.1. The van der Waals surface area contributed by atoms with E-state index in [-0.39, 0.29) is 18.4 Å². The largest absolute Gasteiger partial charge is 0.347 e. The second-order valence-corrected chi connectivity index (χ2v) is 5.16. The summed E-state index contributed by atoms with van der Waals surface area (Å²) in [7, 11) is 3.27. The average molecular weight is 301 g/mol. The Kier molecular flexibility index (Phi) is 6.01. The number of nitrogens with one attached hydrogen (secondary N) is 1. The van der Waals surface area contributed by atoms with E-state index >= 15 is 0 Å². The number of aryl methyl sites for hydroxylation is 2. The molecule has 7 heteroatoms. The van der Waals surface area contributed by atoms with Crippen LogP contribution in [0.25, 0.3) is 0 Å². The van der Waals surface area contributed by atoms with Gasteiger partial charge in [0.1, 0.15) is 5.15 Å². The normalized spacial score (nSPS) is 10.4. The van der Waals surface area contributed by atoms with Crippen molar-refractivity contribution in [3.8, 4) is 0 Å². The molecule has 0 aliphatic heterocycles. The molecule has 0 spiro atoms. The van der Waals surface area contributed by atoms with Crippen LogP contribution in [0.5, 0.6) is 0 Å². The van der Waals surface area contributed by atoms with Crippen LogP contribution in [-0.2, 0) is 11.3 Å². The van der Waals surface area contributed by atoms with Gasteiger partial charge in [0.25, 0.3) is 5.91 Å². The van der Waals surface area contributed by atoms with Gasteiger partial charge >= 0.3 is 0 Å². The van der Waals surface area contributed by atoms with Gasteiger partial charge in [-0.2, -0.15) is 5.10 Å². The SMILES string of the molecule is CCCCn1nc(C)c(C(=O)NCC(=O)N(C)C)c1Cl. The maximum Gasteiger partial charge on any atom is 0.256 e. The van der Waals surface area contributed by atoms with Crippen molar-refractivity contribution in [2.24, 2.45) is 0 Å². The molecule has 0 aromatic carbocycles. The Bertz CT molecular complexity index is 497. The summed E-state index contributed by atoms with van der Waals surface area (Å²) in [5.74, 6) is -0.545. The molecule has 0 saturated heterocycles. The van der Waals surface area contributed by atoms with Gasteiger partial charge in [-0.15, -0.1) is 0 Å². The number of rotatable bonds is 6. The minimum Gasteiger partial charge on any atom is -0.347 e. The van der Waals surface area contributed by atoms with E-state index in [0.717, 1.165) is 12.8 Å². The molecule has 0 saturated carbocycles. The third-order valence-electron chi connectivity index (χ3n) is 2.91.